The van der Waals surface area contributed by atoms with Crippen molar-refractivity contribution in [3.63, 3.8) is 0 Å². The smallest absolute Gasteiger partial charge is 0.335 e. The van der Waals surface area contributed by atoms with Gasteiger partial charge in [0.15, 0.2) is 35.2 Å². The van der Waals surface area contributed by atoms with Crippen LogP contribution in [0.2, 0.25) is 0 Å². The first-order valence-corrected chi connectivity index (χ1v) is 15.2. The quantitative estimate of drug-likeness (QED) is 0.130. The zero-order chi connectivity index (χ0) is 35.4. The molecule has 2 aliphatic heterocycles. The Morgan fingerprint density at radius 2 is 1.00 bits per heavy atom. The Labute approximate surface area is 275 Å². The first-order valence-electron chi connectivity index (χ1n) is 15.2. The Morgan fingerprint density at radius 1 is 0.604 bits per heavy atom. The van der Waals surface area contributed by atoms with Gasteiger partial charge in [-0.3, -0.25) is 0 Å². The molecule has 16 heteroatoms. The van der Waals surface area contributed by atoms with E-state index in [2.05, 4.69) is 6.92 Å². The van der Waals surface area contributed by atoms with E-state index in [0.717, 1.165) is 11.1 Å². The number of ether oxygens (including phenoxy) is 6. The molecular weight excluding hydrogens is 640 g/mol. The summed E-state index contributed by atoms with van der Waals surface area (Å²) in [5.74, 6) is -2.06. The Hall–Kier alpha value is -3.74. The SMILES string of the molecule is COc1cc(CC(C)C(C)Cc2ccc(OC)c(O[C@@H]3O[C@H](C(=O)O)[C@@H](O)[C@H](O)[C@H]3O)c2)ccc1O[C@@H]1O[C@H](C(=O)O)[C@@H](O)[C@H](O)[C@H]1O. The molecule has 0 bridgehead atoms. The van der Waals surface area contributed by atoms with E-state index < -0.39 is 73.4 Å². The molecule has 48 heavy (non-hydrogen) atoms. The van der Waals surface area contributed by atoms with Crippen molar-refractivity contribution in [2.75, 3.05) is 14.2 Å². The van der Waals surface area contributed by atoms with Crippen LogP contribution in [-0.2, 0) is 31.9 Å². The number of aliphatic hydroxyl groups excluding tert-OH is 6. The van der Waals surface area contributed by atoms with E-state index in [1.165, 1.54) is 14.2 Å². The molecular formula is C32H42O16. The van der Waals surface area contributed by atoms with Gasteiger partial charge >= 0.3 is 11.9 Å². The van der Waals surface area contributed by atoms with E-state index in [0.29, 0.717) is 12.8 Å². The van der Waals surface area contributed by atoms with Gasteiger partial charge in [0, 0.05) is 0 Å². The second-order valence-corrected chi connectivity index (χ2v) is 12.0. The molecule has 2 fully saturated rings. The fourth-order valence-electron chi connectivity index (χ4n) is 5.57. The number of carboxylic acid groups (broad SMARTS) is 2. The minimum Gasteiger partial charge on any atom is -0.493 e. The lowest BCUT2D eigenvalue weighted by Gasteiger charge is -2.38. The zero-order valence-corrected chi connectivity index (χ0v) is 26.7. The summed E-state index contributed by atoms with van der Waals surface area (Å²) in [4.78, 5) is 22.9. The largest absolute Gasteiger partial charge is 0.493 e. The molecule has 2 heterocycles. The van der Waals surface area contributed by atoms with Gasteiger partial charge in [-0.1, -0.05) is 26.0 Å². The third kappa shape index (κ3) is 8.10. The standard InChI is InChI=1S/C32H42O16/c1-13(9-15-6-8-18(19(11-15)44-4)45-31-25(37)21(33)23(35)27(47-31)29(39)40)14(2)10-16-5-7-17(43-3)20(12-16)46-32-26(38)22(34)24(36)28(48-32)30(41)42/h5-8,11-14,21-28,31-38H,9-10H2,1-4H3,(H,39,40)(H,41,42)/t13?,14?,21-,22-,23-,24-,25+,26+,27-,28-,31+,32+/m0/s1. The molecule has 2 aromatic rings. The Kier molecular flexibility index (Phi) is 12.1. The monoisotopic (exact) mass is 682 g/mol. The Morgan fingerprint density at radius 3 is 1.42 bits per heavy atom. The van der Waals surface area contributed by atoms with E-state index in [9.17, 15) is 50.4 Å². The summed E-state index contributed by atoms with van der Waals surface area (Å²) in [6, 6.07) is 10.2. The van der Waals surface area contributed by atoms with Gasteiger partial charge in [0.1, 0.15) is 36.6 Å². The van der Waals surface area contributed by atoms with Gasteiger partial charge < -0.3 is 69.3 Å². The average molecular weight is 683 g/mol. The van der Waals surface area contributed by atoms with Crippen molar-refractivity contribution in [2.24, 2.45) is 11.8 Å². The van der Waals surface area contributed by atoms with Crippen LogP contribution in [0.25, 0.3) is 0 Å². The van der Waals surface area contributed by atoms with Gasteiger partial charge in [-0.05, 0) is 60.1 Å². The molecule has 4 rings (SSSR count). The lowest BCUT2D eigenvalue weighted by atomic mass is 9.85. The molecule has 2 aliphatic rings. The predicted molar refractivity (Wildman–Crippen MR) is 162 cm³/mol. The van der Waals surface area contributed by atoms with Gasteiger partial charge in [-0.15, -0.1) is 0 Å². The van der Waals surface area contributed by atoms with Crippen LogP contribution in [0.5, 0.6) is 23.0 Å². The summed E-state index contributed by atoms with van der Waals surface area (Å²) >= 11 is 0. The van der Waals surface area contributed by atoms with Crippen LogP contribution in [0.4, 0.5) is 0 Å². The molecule has 0 radical (unpaired) electrons. The highest BCUT2D eigenvalue weighted by molar-refractivity contribution is 5.74. The number of carbonyl (C=O) groups is 2. The van der Waals surface area contributed by atoms with Crippen LogP contribution in [-0.4, -0.2) is 128 Å². The summed E-state index contributed by atoms with van der Waals surface area (Å²) in [6.07, 6.45) is -16.5. The molecule has 0 amide bonds. The number of aliphatic carboxylic acids is 2. The molecule has 0 spiro atoms. The Balaban J connectivity index is 1.42. The summed E-state index contributed by atoms with van der Waals surface area (Å²) in [6.45, 7) is 4.10. The first kappa shape index (κ1) is 37.1. The highest BCUT2D eigenvalue weighted by Crippen LogP contribution is 2.35. The van der Waals surface area contributed by atoms with Crippen molar-refractivity contribution in [1.82, 2.24) is 0 Å². The van der Waals surface area contributed by atoms with Gasteiger partial charge in [0.25, 0.3) is 0 Å². The minimum atomic E-state index is -1.86. The van der Waals surface area contributed by atoms with E-state index in [-0.39, 0.29) is 34.8 Å². The van der Waals surface area contributed by atoms with Crippen molar-refractivity contribution in [2.45, 2.75) is 88.1 Å². The summed E-state index contributed by atoms with van der Waals surface area (Å²) in [5, 5.41) is 79.5. The fraction of sp³-hybridized carbons (Fsp3) is 0.562. The van der Waals surface area contributed by atoms with E-state index >= 15 is 0 Å². The fourth-order valence-corrected chi connectivity index (χ4v) is 5.57. The Bertz CT molecular complexity index is 1420. The number of carboxylic acids is 2. The van der Waals surface area contributed by atoms with E-state index in [4.69, 9.17) is 28.4 Å². The number of aliphatic hydroxyl groups is 6. The number of hydrogen-bond donors (Lipinski definition) is 8. The summed E-state index contributed by atoms with van der Waals surface area (Å²) in [5.41, 5.74) is 1.70. The number of methoxy groups -OCH3 is 2. The maximum absolute atomic E-state index is 11.5. The van der Waals surface area contributed by atoms with Gasteiger partial charge in [-0.2, -0.15) is 0 Å². The highest BCUT2D eigenvalue weighted by Gasteiger charge is 2.49. The maximum atomic E-state index is 11.5. The van der Waals surface area contributed by atoms with Crippen LogP contribution >= 0.6 is 0 Å². The molecule has 2 unspecified atom stereocenters. The number of benzene rings is 2. The maximum Gasteiger partial charge on any atom is 0.335 e. The van der Waals surface area contributed by atoms with Crippen molar-refractivity contribution < 1.29 is 78.9 Å². The summed E-state index contributed by atoms with van der Waals surface area (Å²) < 4.78 is 32.7. The predicted octanol–water partition coefficient (Wildman–Crippen LogP) is -0.697. The van der Waals surface area contributed by atoms with Crippen molar-refractivity contribution >= 4 is 11.9 Å². The number of hydrogen-bond acceptors (Lipinski definition) is 14. The van der Waals surface area contributed by atoms with Crippen molar-refractivity contribution in [3.05, 3.63) is 47.5 Å². The van der Waals surface area contributed by atoms with Gasteiger partial charge in [-0.25, -0.2) is 9.59 Å². The molecule has 12 atom stereocenters. The summed E-state index contributed by atoms with van der Waals surface area (Å²) in [7, 11) is 2.80. The van der Waals surface area contributed by atoms with Crippen LogP contribution in [0.3, 0.4) is 0 Å². The molecule has 266 valence electrons. The molecule has 0 aliphatic carbocycles. The van der Waals surface area contributed by atoms with E-state index in [1.54, 1.807) is 30.3 Å². The third-order valence-corrected chi connectivity index (χ3v) is 8.66. The van der Waals surface area contributed by atoms with Crippen LogP contribution < -0.4 is 18.9 Å². The molecule has 16 nitrogen and oxygen atoms in total. The normalized spacial score (nSPS) is 31.7. The molecule has 2 saturated heterocycles. The third-order valence-electron chi connectivity index (χ3n) is 8.66. The topological polar surface area (TPSA) is 251 Å². The molecule has 0 saturated carbocycles. The van der Waals surface area contributed by atoms with Crippen molar-refractivity contribution in [1.29, 1.82) is 0 Å². The molecule has 2 aromatic carbocycles. The highest BCUT2D eigenvalue weighted by atomic mass is 16.7. The lowest BCUT2D eigenvalue weighted by Crippen LogP contribution is -2.61. The first-order chi connectivity index (χ1) is 22.7. The lowest BCUT2D eigenvalue weighted by molar-refractivity contribution is -0.271. The second-order valence-electron chi connectivity index (χ2n) is 12.0. The minimum absolute atomic E-state index is 0.102. The molecule has 8 N–H and O–H groups in total. The van der Waals surface area contributed by atoms with Crippen LogP contribution in [0.15, 0.2) is 36.4 Å². The van der Waals surface area contributed by atoms with Crippen LogP contribution in [0, 0.1) is 11.8 Å². The average Bonchev–Trinajstić information content (AvgIpc) is 3.05. The van der Waals surface area contributed by atoms with Gasteiger partial charge in [0.05, 0.1) is 14.2 Å². The molecule has 0 aromatic heterocycles. The van der Waals surface area contributed by atoms with Crippen LogP contribution in [0.1, 0.15) is 25.0 Å². The zero-order valence-electron chi connectivity index (χ0n) is 26.7. The second kappa shape index (κ2) is 15.7. The van der Waals surface area contributed by atoms with E-state index in [1.807, 2.05) is 13.0 Å². The number of rotatable bonds is 13. The van der Waals surface area contributed by atoms with Crippen molar-refractivity contribution in [3.8, 4) is 23.0 Å². The van der Waals surface area contributed by atoms with Gasteiger partial charge in [0.2, 0.25) is 12.6 Å².